The molecule has 1 aliphatic heterocycles. The molecule has 1 heterocycles. The minimum absolute atomic E-state index is 0.00793. The summed E-state index contributed by atoms with van der Waals surface area (Å²) in [5, 5.41) is 0. The van der Waals surface area contributed by atoms with E-state index in [0.29, 0.717) is 31.5 Å². The third-order valence-corrected chi connectivity index (χ3v) is 3.61. The molecule has 106 valence electrons. The highest BCUT2D eigenvalue weighted by Crippen LogP contribution is 2.11. The number of carbonyl (C=O) groups excluding carboxylic acids is 3. The van der Waals surface area contributed by atoms with Crippen LogP contribution in [0.25, 0.3) is 0 Å². The summed E-state index contributed by atoms with van der Waals surface area (Å²) in [7, 11) is 0. The lowest BCUT2D eigenvalue weighted by atomic mass is 10.0. The molecule has 0 unspecified atom stereocenters. The van der Waals surface area contributed by atoms with Crippen LogP contribution in [0.1, 0.15) is 41.6 Å². The van der Waals surface area contributed by atoms with E-state index in [9.17, 15) is 14.4 Å². The van der Waals surface area contributed by atoms with Crippen molar-refractivity contribution in [3.8, 4) is 0 Å². The van der Waals surface area contributed by atoms with Gasteiger partial charge < -0.3 is 4.90 Å². The number of likely N-dealkylation sites (tertiary alicyclic amines) is 1. The summed E-state index contributed by atoms with van der Waals surface area (Å²) in [5.41, 5.74) is 1.76. The monoisotopic (exact) mass is 273 g/mol. The summed E-state index contributed by atoms with van der Waals surface area (Å²) >= 11 is 0. The molecule has 0 radical (unpaired) electrons. The molecule has 0 aliphatic carbocycles. The number of aryl methyl sites for hydroxylation is 1. The second-order valence-electron chi connectivity index (χ2n) is 5.21. The molecule has 0 N–H and O–H groups in total. The second kappa shape index (κ2) is 6.46. The molecule has 1 aliphatic rings. The number of ketones is 2. The lowest BCUT2D eigenvalue weighted by Crippen LogP contribution is -2.38. The van der Waals surface area contributed by atoms with Crippen LogP contribution < -0.4 is 0 Å². The third-order valence-electron chi connectivity index (χ3n) is 3.61. The second-order valence-corrected chi connectivity index (χ2v) is 5.21. The normalized spacial score (nSPS) is 15.2. The Bertz CT molecular complexity index is 509. The molecule has 1 saturated heterocycles. The number of amides is 1. The van der Waals surface area contributed by atoms with Gasteiger partial charge in [0.2, 0.25) is 5.91 Å². The van der Waals surface area contributed by atoms with E-state index < -0.39 is 0 Å². The molecule has 0 atom stereocenters. The number of hydrogen-bond acceptors (Lipinski definition) is 3. The largest absolute Gasteiger partial charge is 0.342 e. The van der Waals surface area contributed by atoms with Crippen molar-refractivity contribution >= 4 is 17.5 Å². The fourth-order valence-corrected chi connectivity index (χ4v) is 2.27. The summed E-state index contributed by atoms with van der Waals surface area (Å²) in [6, 6.07) is 7.38. The third kappa shape index (κ3) is 3.76. The van der Waals surface area contributed by atoms with Gasteiger partial charge in [-0.05, 0) is 6.92 Å². The van der Waals surface area contributed by atoms with E-state index in [4.69, 9.17) is 0 Å². The van der Waals surface area contributed by atoms with Gasteiger partial charge in [0.05, 0.1) is 0 Å². The van der Waals surface area contributed by atoms with Gasteiger partial charge in [-0.2, -0.15) is 0 Å². The number of hydrogen-bond donors (Lipinski definition) is 0. The highest BCUT2D eigenvalue weighted by Gasteiger charge is 2.21. The highest BCUT2D eigenvalue weighted by atomic mass is 16.2. The van der Waals surface area contributed by atoms with Gasteiger partial charge in [-0.1, -0.05) is 29.8 Å². The fraction of sp³-hybridized carbons (Fsp3) is 0.438. The van der Waals surface area contributed by atoms with E-state index in [1.165, 1.54) is 0 Å². The van der Waals surface area contributed by atoms with Gasteiger partial charge in [0.15, 0.2) is 5.78 Å². The zero-order valence-electron chi connectivity index (χ0n) is 11.7. The Labute approximate surface area is 118 Å². The predicted molar refractivity (Wildman–Crippen MR) is 75.6 cm³/mol. The zero-order chi connectivity index (χ0) is 14.5. The van der Waals surface area contributed by atoms with Gasteiger partial charge in [-0.25, -0.2) is 0 Å². The van der Waals surface area contributed by atoms with Crippen LogP contribution in [0.5, 0.6) is 0 Å². The molecule has 0 saturated carbocycles. The predicted octanol–water partition coefficient (Wildman–Crippen LogP) is 2.15. The van der Waals surface area contributed by atoms with Crippen molar-refractivity contribution in [2.75, 3.05) is 13.1 Å². The quantitative estimate of drug-likeness (QED) is 0.790. The van der Waals surface area contributed by atoms with Gasteiger partial charge >= 0.3 is 0 Å². The van der Waals surface area contributed by atoms with Crippen molar-refractivity contribution in [1.29, 1.82) is 0 Å². The van der Waals surface area contributed by atoms with Crippen LogP contribution in [0.15, 0.2) is 24.3 Å². The number of nitrogens with zero attached hydrogens (tertiary/aromatic N) is 1. The molecule has 1 amide bonds. The van der Waals surface area contributed by atoms with Gasteiger partial charge in [-0.3, -0.25) is 14.4 Å². The first kappa shape index (κ1) is 14.4. The Balaban J connectivity index is 1.82. The van der Waals surface area contributed by atoms with Gasteiger partial charge in [0.1, 0.15) is 5.78 Å². The zero-order valence-corrected chi connectivity index (χ0v) is 11.7. The van der Waals surface area contributed by atoms with E-state index in [2.05, 4.69) is 0 Å². The van der Waals surface area contributed by atoms with Crippen LogP contribution in [-0.4, -0.2) is 35.5 Å². The average molecular weight is 273 g/mol. The Morgan fingerprint density at radius 3 is 2.25 bits per heavy atom. The van der Waals surface area contributed by atoms with Crippen molar-refractivity contribution in [1.82, 2.24) is 4.90 Å². The molecular weight excluding hydrogens is 254 g/mol. The molecule has 0 aromatic heterocycles. The van der Waals surface area contributed by atoms with Crippen molar-refractivity contribution < 1.29 is 14.4 Å². The number of piperidine rings is 1. The SMILES string of the molecule is Cc1ccc(C(=O)CCC(=O)N2CCC(=O)CC2)cc1. The molecule has 4 heteroatoms. The van der Waals surface area contributed by atoms with Crippen LogP contribution in [0, 0.1) is 6.92 Å². The van der Waals surface area contributed by atoms with Gasteiger partial charge in [0.25, 0.3) is 0 Å². The molecule has 0 bridgehead atoms. The highest BCUT2D eigenvalue weighted by molar-refractivity contribution is 5.98. The molecule has 0 spiro atoms. The number of benzene rings is 1. The molecule has 4 nitrogen and oxygen atoms in total. The number of Topliss-reactive ketones (excluding diaryl/α,β-unsaturated/α-hetero) is 2. The number of carbonyl (C=O) groups is 3. The maximum atomic E-state index is 12.0. The first-order chi connectivity index (χ1) is 9.56. The van der Waals surface area contributed by atoms with E-state index in [1.54, 1.807) is 17.0 Å². The average Bonchev–Trinajstić information content (AvgIpc) is 2.46. The molecule has 1 aromatic rings. The Morgan fingerprint density at radius 1 is 1.05 bits per heavy atom. The van der Waals surface area contributed by atoms with Crippen LogP contribution in [0.4, 0.5) is 0 Å². The molecule has 20 heavy (non-hydrogen) atoms. The van der Waals surface area contributed by atoms with E-state index in [-0.39, 0.29) is 30.3 Å². The Morgan fingerprint density at radius 2 is 1.65 bits per heavy atom. The first-order valence-electron chi connectivity index (χ1n) is 6.95. The minimum atomic E-state index is -0.0297. The summed E-state index contributed by atoms with van der Waals surface area (Å²) in [6.07, 6.45) is 1.34. The summed E-state index contributed by atoms with van der Waals surface area (Å²) < 4.78 is 0. The fourth-order valence-electron chi connectivity index (χ4n) is 2.27. The molecule has 1 fully saturated rings. The van der Waals surface area contributed by atoms with Crippen LogP contribution >= 0.6 is 0 Å². The summed E-state index contributed by atoms with van der Waals surface area (Å²) in [4.78, 5) is 36.7. The van der Waals surface area contributed by atoms with Crippen molar-refractivity contribution in [2.24, 2.45) is 0 Å². The van der Waals surface area contributed by atoms with Crippen molar-refractivity contribution in [2.45, 2.75) is 32.6 Å². The topological polar surface area (TPSA) is 54.5 Å². The maximum absolute atomic E-state index is 12.0. The first-order valence-corrected chi connectivity index (χ1v) is 6.95. The van der Waals surface area contributed by atoms with Crippen LogP contribution in [0.3, 0.4) is 0 Å². The molecule has 1 aromatic carbocycles. The van der Waals surface area contributed by atoms with Crippen molar-refractivity contribution in [3.05, 3.63) is 35.4 Å². The summed E-state index contributed by atoms with van der Waals surface area (Å²) in [6.45, 7) is 2.96. The maximum Gasteiger partial charge on any atom is 0.223 e. The smallest absolute Gasteiger partial charge is 0.223 e. The van der Waals surface area contributed by atoms with E-state index in [1.807, 2.05) is 19.1 Å². The van der Waals surface area contributed by atoms with Gasteiger partial charge in [-0.15, -0.1) is 0 Å². The van der Waals surface area contributed by atoms with Gasteiger partial charge in [0, 0.05) is 44.3 Å². The van der Waals surface area contributed by atoms with E-state index >= 15 is 0 Å². The lowest BCUT2D eigenvalue weighted by molar-refractivity contribution is -0.134. The lowest BCUT2D eigenvalue weighted by Gasteiger charge is -2.25. The number of rotatable bonds is 4. The van der Waals surface area contributed by atoms with Crippen LogP contribution in [-0.2, 0) is 9.59 Å². The standard InChI is InChI=1S/C16H19NO3/c1-12-2-4-13(5-3-12)15(19)6-7-16(20)17-10-8-14(18)9-11-17/h2-5H,6-11H2,1H3. The van der Waals surface area contributed by atoms with Crippen molar-refractivity contribution in [3.63, 3.8) is 0 Å². The Hall–Kier alpha value is -1.97. The molecule has 2 rings (SSSR count). The Kier molecular flexibility index (Phi) is 4.66. The van der Waals surface area contributed by atoms with Crippen LogP contribution in [0.2, 0.25) is 0 Å². The molecular formula is C16H19NO3. The minimum Gasteiger partial charge on any atom is -0.342 e. The summed E-state index contributed by atoms with van der Waals surface area (Å²) in [5.74, 6) is 0.175. The van der Waals surface area contributed by atoms with E-state index in [0.717, 1.165) is 5.56 Å².